The standard InChI is InChI=1S/C11H23NO/c1-3-5-6-7-8-9-11(4-2)12-10-13/h10-11H,3-9H2,1-2H3,(H,12,13). The molecule has 0 rings (SSSR count). The Labute approximate surface area is 82.1 Å². The van der Waals surface area contributed by atoms with Gasteiger partial charge in [-0.1, -0.05) is 46.0 Å². The molecule has 2 nitrogen and oxygen atoms in total. The van der Waals surface area contributed by atoms with Crippen molar-refractivity contribution >= 4 is 6.41 Å². The predicted molar refractivity (Wildman–Crippen MR) is 56.7 cm³/mol. The fraction of sp³-hybridized carbons (Fsp3) is 0.909. The van der Waals surface area contributed by atoms with E-state index in [0.29, 0.717) is 6.04 Å². The molecule has 1 amide bonds. The quantitative estimate of drug-likeness (QED) is 0.434. The Balaban J connectivity index is 3.22. The second kappa shape index (κ2) is 9.56. The van der Waals surface area contributed by atoms with Gasteiger partial charge in [0.1, 0.15) is 0 Å². The van der Waals surface area contributed by atoms with E-state index in [1.165, 1.54) is 32.1 Å². The van der Waals surface area contributed by atoms with Crippen molar-refractivity contribution in [2.24, 2.45) is 0 Å². The number of amides is 1. The number of unbranched alkanes of at least 4 members (excludes halogenated alkanes) is 4. The average molecular weight is 185 g/mol. The highest BCUT2D eigenvalue weighted by Crippen LogP contribution is 2.08. The van der Waals surface area contributed by atoms with Gasteiger partial charge in [-0.25, -0.2) is 0 Å². The molecule has 0 saturated carbocycles. The smallest absolute Gasteiger partial charge is 0.207 e. The van der Waals surface area contributed by atoms with E-state index < -0.39 is 0 Å². The molecule has 78 valence electrons. The van der Waals surface area contributed by atoms with Crippen LogP contribution in [0.4, 0.5) is 0 Å². The van der Waals surface area contributed by atoms with Gasteiger partial charge < -0.3 is 5.32 Å². The first-order chi connectivity index (χ1) is 6.35. The van der Waals surface area contributed by atoms with Gasteiger partial charge in [0.25, 0.3) is 0 Å². The maximum absolute atomic E-state index is 10.2. The minimum atomic E-state index is 0.402. The summed E-state index contributed by atoms with van der Waals surface area (Å²) >= 11 is 0. The lowest BCUT2D eigenvalue weighted by molar-refractivity contribution is -0.110. The van der Waals surface area contributed by atoms with Crippen molar-refractivity contribution in [3.05, 3.63) is 0 Å². The Morgan fingerprint density at radius 1 is 1.15 bits per heavy atom. The van der Waals surface area contributed by atoms with Gasteiger partial charge in [0.05, 0.1) is 0 Å². The first kappa shape index (κ1) is 12.5. The van der Waals surface area contributed by atoms with E-state index in [9.17, 15) is 4.79 Å². The maximum atomic E-state index is 10.2. The predicted octanol–water partition coefficient (Wildman–Crippen LogP) is 2.87. The van der Waals surface area contributed by atoms with E-state index in [-0.39, 0.29) is 0 Å². The van der Waals surface area contributed by atoms with Gasteiger partial charge in [-0.05, 0) is 12.8 Å². The molecule has 13 heavy (non-hydrogen) atoms. The molecule has 0 aliphatic heterocycles. The zero-order valence-corrected chi connectivity index (χ0v) is 9.01. The molecule has 1 atom stereocenters. The molecular formula is C11H23NO. The number of carbonyl (C=O) groups is 1. The summed E-state index contributed by atoms with van der Waals surface area (Å²) in [6.07, 6.45) is 9.55. The van der Waals surface area contributed by atoms with Crippen molar-refractivity contribution in [2.45, 2.75) is 64.8 Å². The summed E-state index contributed by atoms with van der Waals surface area (Å²) in [7, 11) is 0. The second-order valence-electron chi connectivity index (χ2n) is 3.59. The molecule has 0 spiro atoms. The molecule has 1 N–H and O–H groups in total. The van der Waals surface area contributed by atoms with Crippen LogP contribution in [0.2, 0.25) is 0 Å². The number of hydrogen-bond donors (Lipinski definition) is 1. The van der Waals surface area contributed by atoms with Crippen molar-refractivity contribution in [3.63, 3.8) is 0 Å². The second-order valence-corrected chi connectivity index (χ2v) is 3.59. The molecule has 0 aliphatic carbocycles. The molecule has 0 fully saturated rings. The molecule has 0 radical (unpaired) electrons. The first-order valence-corrected chi connectivity index (χ1v) is 5.54. The van der Waals surface area contributed by atoms with Crippen LogP contribution >= 0.6 is 0 Å². The Morgan fingerprint density at radius 3 is 2.38 bits per heavy atom. The topological polar surface area (TPSA) is 29.1 Å². The van der Waals surface area contributed by atoms with Crippen molar-refractivity contribution in [2.75, 3.05) is 0 Å². The summed E-state index contributed by atoms with van der Waals surface area (Å²) in [4.78, 5) is 10.2. The lowest BCUT2D eigenvalue weighted by Gasteiger charge is -2.12. The third kappa shape index (κ3) is 7.82. The van der Waals surface area contributed by atoms with Crippen molar-refractivity contribution in [1.82, 2.24) is 5.32 Å². The van der Waals surface area contributed by atoms with E-state index in [2.05, 4.69) is 19.2 Å². The first-order valence-electron chi connectivity index (χ1n) is 5.54. The van der Waals surface area contributed by atoms with E-state index >= 15 is 0 Å². The monoisotopic (exact) mass is 185 g/mol. The lowest BCUT2D eigenvalue weighted by Crippen LogP contribution is -2.26. The third-order valence-electron chi connectivity index (χ3n) is 2.45. The number of rotatable bonds is 9. The molecule has 0 aromatic rings. The van der Waals surface area contributed by atoms with Gasteiger partial charge in [0.2, 0.25) is 6.41 Å². The summed E-state index contributed by atoms with van der Waals surface area (Å²) in [6, 6.07) is 0.402. The van der Waals surface area contributed by atoms with Crippen LogP contribution < -0.4 is 5.32 Å². The molecule has 0 saturated heterocycles. The van der Waals surface area contributed by atoms with Crippen LogP contribution in [0.5, 0.6) is 0 Å². The minimum absolute atomic E-state index is 0.402. The molecule has 0 aliphatic rings. The van der Waals surface area contributed by atoms with E-state index in [4.69, 9.17) is 0 Å². The van der Waals surface area contributed by atoms with Crippen LogP contribution in [-0.4, -0.2) is 12.5 Å². The molecule has 0 aromatic carbocycles. The highest BCUT2D eigenvalue weighted by Gasteiger charge is 2.02. The fourth-order valence-electron chi connectivity index (χ4n) is 1.50. The summed E-state index contributed by atoms with van der Waals surface area (Å²) < 4.78 is 0. The highest BCUT2D eigenvalue weighted by atomic mass is 16.1. The Hall–Kier alpha value is -0.530. The Bertz CT molecular complexity index is 115. The van der Waals surface area contributed by atoms with E-state index in [0.717, 1.165) is 19.3 Å². The van der Waals surface area contributed by atoms with Crippen molar-refractivity contribution in [1.29, 1.82) is 0 Å². The zero-order valence-electron chi connectivity index (χ0n) is 9.01. The third-order valence-corrected chi connectivity index (χ3v) is 2.45. The average Bonchev–Trinajstić information content (AvgIpc) is 2.16. The highest BCUT2D eigenvalue weighted by molar-refractivity contribution is 5.46. The van der Waals surface area contributed by atoms with Crippen LogP contribution in [0.1, 0.15) is 58.8 Å². The zero-order chi connectivity index (χ0) is 9.94. The van der Waals surface area contributed by atoms with Crippen LogP contribution in [0, 0.1) is 0 Å². The van der Waals surface area contributed by atoms with Crippen LogP contribution in [0.25, 0.3) is 0 Å². The van der Waals surface area contributed by atoms with Gasteiger partial charge in [-0.3, -0.25) is 4.79 Å². The molecule has 0 heterocycles. The lowest BCUT2D eigenvalue weighted by atomic mass is 10.1. The minimum Gasteiger partial charge on any atom is -0.356 e. The molecular weight excluding hydrogens is 162 g/mol. The van der Waals surface area contributed by atoms with Crippen LogP contribution in [-0.2, 0) is 4.79 Å². The summed E-state index contributed by atoms with van der Waals surface area (Å²) in [6.45, 7) is 4.34. The van der Waals surface area contributed by atoms with Gasteiger partial charge in [0.15, 0.2) is 0 Å². The largest absolute Gasteiger partial charge is 0.356 e. The van der Waals surface area contributed by atoms with Gasteiger partial charge in [0, 0.05) is 6.04 Å². The fourth-order valence-corrected chi connectivity index (χ4v) is 1.50. The number of carbonyl (C=O) groups excluding carboxylic acids is 1. The van der Waals surface area contributed by atoms with E-state index in [1.54, 1.807) is 0 Å². The van der Waals surface area contributed by atoms with Crippen molar-refractivity contribution in [3.8, 4) is 0 Å². The van der Waals surface area contributed by atoms with Crippen molar-refractivity contribution < 1.29 is 4.79 Å². The number of hydrogen-bond acceptors (Lipinski definition) is 1. The number of nitrogens with one attached hydrogen (secondary N) is 1. The summed E-state index contributed by atoms with van der Waals surface area (Å²) in [5.74, 6) is 0. The van der Waals surface area contributed by atoms with Crippen LogP contribution in [0.3, 0.4) is 0 Å². The summed E-state index contributed by atoms with van der Waals surface area (Å²) in [5, 5.41) is 2.84. The van der Waals surface area contributed by atoms with Gasteiger partial charge in [-0.2, -0.15) is 0 Å². The van der Waals surface area contributed by atoms with Gasteiger partial charge in [-0.15, -0.1) is 0 Å². The SMILES string of the molecule is CCCCCCCC(CC)NC=O. The summed E-state index contributed by atoms with van der Waals surface area (Å²) in [5.41, 5.74) is 0. The Morgan fingerprint density at radius 2 is 1.85 bits per heavy atom. The van der Waals surface area contributed by atoms with Gasteiger partial charge >= 0.3 is 0 Å². The van der Waals surface area contributed by atoms with Crippen LogP contribution in [0.15, 0.2) is 0 Å². The molecule has 0 bridgehead atoms. The molecule has 2 heteroatoms. The normalized spacial score (nSPS) is 12.5. The Kier molecular flexibility index (Phi) is 9.17. The maximum Gasteiger partial charge on any atom is 0.207 e. The molecule has 1 unspecified atom stereocenters. The van der Waals surface area contributed by atoms with E-state index in [1.807, 2.05) is 0 Å². The molecule has 0 aromatic heterocycles.